The number of carbonyl (C=O) groups excluding carboxylic acids is 1. The monoisotopic (exact) mass is 381 g/mol. The number of thioether (sulfide) groups is 1. The van der Waals surface area contributed by atoms with Crippen LogP contribution in [0.5, 0.6) is 0 Å². The van der Waals surface area contributed by atoms with Crippen LogP contribution in [0.4, 0.5) is 15.8 Å². The first kappa shape index (κ1) is 17.8. The summed E-state index contributed by atoms with van der Waals surface area (Å²) in [5.41, 5.74) is 3.25. The number of nitrogens with one attached hydrogen (secondary N) is 1. The Bertz CT molecular complexity index is 931. The molecule has 0 bridgehead atoms. The Balaban J connectivity index is 1.52. The number of hydrogen-bond acceptors (Lipinski definition) is 4. The molecule has 2 fully saturated rings. The zero-order valence-corrected chi connectivity index (χ0v) is 15.9. The highest BCUT2D eigenvalue weighted by atomic mass is 32.2. The van der Waals surface area contributed by atoms with Crippen molar-refractivity contribution in [1.82, 2.24) is 5.32 Å². The van der Waals surface area contributed by atoms with Gasteiger partial charge in [-0.25, -0.2) is 9.38 Å². The second kappa shape index (κ2) is 7.56. The molecular weight excluding hydrogens is 361 g/mol. The van der Waals surface area contributed by atoms with Crippen LogP contribution in [0.2, 0.25) is 0 Å². The molecular formula is C21H20FN3OS. The topological polar surface area (TPSA) is 44.7 Å². The van der Waals surface area contributed by atoms with E-state index >= 15 is 0 Å². The van der Waals surface area contributed by atoms with Crippen molar-refractivity contribution in [3.8, 4) is 0 Å². The highest BCUT2D eigenvalue weighted by molar-refractivity contribution is 8.18. The fourth-order valence-electron chi connectivity index (χ4n) is 3.20. The molecule has 2 aromatic carbocycles. The van der Waals surface area contributed by atoms with Crippen molar-refractivity contribution >= 4 is 40.3 Å². The number of anilines is 1. The number of aliphatic imine (C=N–C) groups is 1. The molecule has 6 heteroatoms. The molecule has 2 aliphatic rings. The molecule has 4 rings (SSSR count). The molecule has 138 valence electrons. The number of aryl methyl sites for hydroxylation is 1. The highest BCUT2D eigenvalue weighted by Gasteiger charge is 2.24. The number of benzene rings is 2. The average molecular weight is 381 g/mol. The predicted octanol–water partition coefficient (Wildman–Crippen LogP) is 4.63. The molecule has 1 N–H and O–H groups in total. The van der Waals surface area contributed by atoms with Crippen molar-refractivity contribution < 1.29 is 9.18 Å². The molecule has 0 unspecified atom stereocenters. The third-order valence-electron chi connectivity index (χ3n) is 4.63. The van der Waals surface area contributed by atoms with Gasteiger partial charge in [-0.2, -0.15) is 0 Å². The van der Waals surface area contributed by atoms with Crippen LogP contribution in [-0.4, -0.2) is 24.2 Å². The zero-order valence-electron chi connectivity index (χ0n) is 15.0. The van der Waals surface area contributed by atoms with E-state index in [2.05, 4.69) is 15.2 Å². The molecule has 0 aromatic heterocycles. The molecule has 4 nitrogen and oxygen atoms in total. The molecule has 2 heterocycles. The van der Waals surface area contributed by atoms with Gasteiger partial charge in [0.05, 0.1) is 16.3 Å². The van der Waals surface area contributed by atoms with Crippen LogP contribution in [0, 0.1) is 12.7 Å². The maximum absolute atomic E-state index is 14.5. The summed E-state index contributed by atoms with van der Waals surface area (Å²) in [5, 5.41) is 3.29. The molecule has 1 amide bonds. The Morgan fingerprint density at radius 2 is 1.89 bits per heavy atom. The van der Waals surface area contributed by atoms with Crippen LogP contribution in [0.1, 0.15) is 24.0 Å². The summed E-state index contributed by atoms with van der Waals surface area (Å²) in [6.07, 6.45) is 3.91. The van der Waals surface area contributed by atoms with Gasteiger partial charge in [-0.1, -0.05) is 23.8 Å². The Morgan fingerprint density at radius 3 is 2.59 bits per heavy atom. The van der Waals surface area contributed by atoms with Gasteiger partial charge in [0.2, 0.25) is 0 Å². The van der Waals surface area contributed by atoms with E-state index in [-0.39, 0.29) is 11.7 Å². The van der Waals surface area contributed by atoms with Crippen molar-refractivity contribution in [2.45, 2.75) is 19.8 Å². The molecule has 2 aliphatic heterocycles. The lowest BCUT2D eigenvalue weighted by Crippen LogP contribution is -2.19. The van der Waals surface area contributed by atoms with Crippen molar-refractivity contribution in [3.05, 3.63) is 64.3 Å². The Hall–Kier alpha value is -2.60. The SMILES string of the molecule is Cc1ccc(N=C2NC(=O)C(=Cc3ccc(N4CCCC4)c(F)c3)S2)cc1. The van der Waals surface area contributed by atoms with Crippen LogP contribution in [0.15, 0.2) is 52.4 Å². The number of nitrogens with zero attached hydrogens (tertiary/aromatic N) is 2. The fraction of sp³-hybridized carbons (Fsp3) is 0.238. The average Bonchev–Trinajstić information content (AvgIpc) is 3.28. The van der Waals surface area contributed by atoms with Gasteiger partial charge in [-0.3, -0.25) is 4.79 Å². The second-order valence-electron chi connectivity index (χ2n) is 6.72. The summed E-state index contributed by atoms with van der Waals surface area (Å²) in [5.74, 6) is -0.460. The summed E-state index contributed by atoms with van der Waals surface area (Å²) in [7, 11) is 0. The number of carbonyl (C=O) groups is 1. The minimum Gasteiger partial charge on any atom is -0.369 e. The first-order valence-electron chi connectivity index (χ1n) is 8.99. The van der Waals surface area contributed by atoms with Gasteiger partial charge in [0, 0.05) is 13.1 Å². The number of hydrogen-bond donors (Lipinski definition) is 1. The van der Waals surface area contributed by atoms with Crippen LogP contribution in [0.25, 0.3) is 6.08 Å². The van der Waals surface area contributed by atoms with E-state index in [4.69, 9.17) is 0 Å². The third-order valence-corrected chi connectivity index (χ3v) is 5.54. The third kappa shape index (κ3) is 4.06. The number of amides is 1. The number of rotatable bonds is 3. The van der Waals surface area contributed by atoms with Crippen LogP contribution < -0.4 is 10.2 Å². The van der Waals surface area contributed by atoms with Gasteiger partial charge < -0.3 is 10.2 Å². The Morgan fingerprint density at radius 1 is 1.15 bits per heavy atom. The molecule has 0 atom stereocenters. The summed E-state index contributed by atoms with van der Waals surface area (Å²) >= 11 is 1.27. The Kier molecular flexibility index (Phi) is 4.99. The van der Waals surface area contributed by atoms with Crippen molar-refractivity contribution in [2.75, 3.05) is 18.0 Å². The van der Waals surface area contributed by atoms with Gasteiger partial charge in [-0.15, -0.1) is 0 Å². The summed E-state index contributed by atoms with van der Waals surface area (Å²) < 4.78 is 14.5. The molecule has 2 saturated heterocycles. The number of halogens is 1. The van der Waals surface area contributed by atoms with Crippen molar-refractivity contribution in [3.63, 3.8) is 0 Å². The van der Waals surface area contributed by atoms with Gasteiger partial charge in [0.25, 0.3) is 5.91 Å². The lowest BCUT2D eigenvalue weighted by Gasteiger charge is -2.18. The summed E-state index contributed by atoms with van der Waals surface area (Å²) in [6, 6.07) is 12.9. The van der Waals surface area contributed by atoms with Crippen molar-refractivity contribution in [1.29, 1.82) is 0 Å². The van der Waals surface area contributed by atoms with Gasteiger partial charge >= 0.3 is 0 Å². The van der Waals surface area contributed by atoms with E-state index in [1.807, 2.05) is 37.3 Å². The summed E-state index contributed by atoms with van der Waals surface area (Å²) in [6.45, 7) is 3.81. The van der Waals surface area contributed by atoms with E-state index in [0.29, 0.717) is 21.3 Å². The minimum absolute atomic E-state index is 0.213. The second-order valence-corrected chi connectivity index (χ2v) is 7.75. The standard InChI is InChI=1S/C21H20FN3OS/c1-14-4-7-16(8-5-14)23-21-24-20(26)19(27-21)13-15-6-9-18(17(22)12-15)25-10-2-3-11-25/h4-9,12-13H,2-3,10-11H2,1H3,(H,23,24,26). The lowest BCUT2D eigenvalue weighted by atomic mass is 10.1. The maximum Gasteiger partial charge on any atom is 0.264 e. The maximum atomic E-state index is 14.5. The van der Waals surface area contributed by atoms with Gasteiger partial charge in [0.1, 0.15) is 5.82 Å². The zero-order chi connectivity index (χ0) is 18.8. The normalized spacial score (nSPS) is 19.9. The van der Waals surface area contributed by atoms with E-state index < -0.39 is 0 Å². The van der Waals surface area contributed by atoms with E-state index in [0.717, 1.165) is 37.2 Å². The largest absolute Gasteiger partial charge is 0.369 e. The highest BCUT2D eigenvalue weighted by Crippen LogP contribution is 2.30. The first-order chi connectivity index (χ1) is 13.1. The Labute approximate surface area is 162 Å². The van der Waals surface area contributed by atoms with E-state index in [9.17, 15) is 9.18 Å². The molecule has 0 spiro atoms. The number of amidine groups is 1. The van der Waals surface area contributed by atoms with E-state index in [1.165, 1.54) is 17.8 Å². The first-order valence-corrected chi connectivity index (χ1v) is 9.81. The molecule has 0 radical (unpaired) electrons. The van der Waals surface area contributed by atoms with Gasteiger partial charge in [-0.05, 0) is 67.4 Å². The fourth-order valence-corrected chi connectivity index (χ4v) is 4.04. The molecule has 0 aliphatic carbocycles. The molecule has 2 aromatic rings. The molecule has 0 saturated carbocycles. The van der Waals surface area contributed by atoms with Crippen molar-refractivity contribution in [2.24, 2.45) is 4.99 Å². The quantitative estimate of drug-likeness (QED) is 0.789. The van der Waals surface area contributed by atoms with Crippen LogP contribution in [0.3, 0.4) is 0 Å². The smallest absolute Gasteiger partial charge is 0.264 e. The summed E-state index contributed by atoms with van der Waals surface area (Å²) in [4.78, 5) is 19.2. The lowest BCUT2D eigenvalue weighted by molar-refractivity contribution is -0.115. The van der Waals surface area contributed by atoms with Crippen LogP contribution >= 0.6 is 11.8 Å². The van der Waals surface area contributed by atoms with Crippen LogP contribution in [-0.2, 0) is 4.79 Å². The van der Waals surface area contributed by atoms with Gasteiger partial charge in [0.15, 0.2) is 5.17 Å². The minimum atomic E-state index is -0.247. The van der Waals surface area contributed by atoms with E-state index in [1.54, 1.807) is 12.1 Å². The molecule has 27 heavy (non-hydrogen) atoms. The predicted molar refractivity (Wildman–Crippen MR) is 110 cm³/mol.